The lowest BCUT2D eigenvalue weighted by Gasteiger charge is -2.27. The lowest BCUT2D eigenvalue weighted by atomic mass is 10.1. The Morgan fingerprint density at radius 2 is 1.84 bits per heavy atom. The van der Waals surface area contributed by atoms with E-state index >= 15 is 0 Å². The molecule has 1 aliphatic rings. The molecule has 0 radical (unpaired) electrons. The SMILES string of the molecule is Cc1cn2c(n1)CN(Cc1c(C)nn(-c3ccc(Br)cc3)c1C)CC2. The Labute approximate surface area is 156 Å². The first kappa shape index (κ1) is 16.5. The third-order valence-electron chi connectivity index (χ3n) is 4.90. The monoisotopic (exact) mass is 399 g/mol. The van der Waals surface area contributed by atoms with Crippen LogP contribution < -0.4 is 0 Å². The molecular weight excluding hydrogens is 378 g/mol. The Morgan fingerprint density at radius 3 is 2.60 bits per heavy atom. The second kappa shape index (κ2) is 6.42. The zero-order valence-electron chi connectivity index (χ0n) is 14.8. The lowest BCUT2D eigenvalue weighted by molar-refractivity contribution is 0.208. The maximum Gasteiger partial charge on any atom is 0.123 e. The van der Waals surface area contributed by atoms with Crippen molar-refractivity contribution < 1.29 is 0 Å². The first-order valence-corrected chi connectivity index (χ1v) is 9.36. The summed E-state index contributed by atoms with van der Waals surface area (Å²) in [6, 6.07) is 8.29. The van der Waals surface area contributed by atoms with Gasteiger partial charge in [-0.2, -0.15) is 5.10 Å². The van der Waals surface area contributed by atoms with Crippen LogP contribution >= 0.6 is 15.9 Å². The van der Waals surface area contributed by atoms with Crippen molar-refractivity contribution in [3.63, 3.8) is 0 Å². The predicted octanol–water partition coefficient (Wildman–Crippen LogP) is 3.77. The molecule has 0 amide bonds. The molecule has 2 aromatic heterocycles. The zero-order chi connectivity index (χ0) is 17.6. The van der Waals surface area contributed by atoms with E-state index in [0.717, 1.165) is 47.7 Å². The highest BCUT2D eigenvalue weighted by Crippen LogP contribution is 2.23. The number of nitrogens with zero attached hydrogens (tertiary/aromatic N) is 5. The fourth-order valence-corrected chi connectivity index (χ4v) is 3.81. The molecule has 0 saturated carbocycles. The maximum atomic E-state index is 4.78. The van der Waals surface area contributed by atoms with Crippen molar-refractivity contribution in [2.45, 2.75) is 40.4 Å². The Bertz CT molecular complexity index is 907. The second-order valence-corrected chi connectivity index (χ2v) is 7.66. The van der Waals surface area contributed by atoms with Gasteiger partial charge in [-0.25, -0.2) is 9.67 Å². The van der Waals surface area contributed by atoms with E-state index in [1.165, 1.54) is 17.1 Å². The number of hydrogen-bond acceptors (Lipinski definition) is 3. The third-order valence-corrected chi connectivity index (χ3v) is 5.42. The van der Waals surface area contributed by atoms with Crippen molar-refractivity contribution in [3.8, 4) is 5.69 Å². The van der Waals surface area contributed by atoms with E-state index in [2.05, 4.69) is 81.6 Å². The summed E-state index contributed by atoms with van der Waals surface area (Å²) in [5.74, 6) is 1.17. The number of imidazole rings is 1. The highest BCUT2D eigenvalue weighted by Gasteiger charge is 2.21. The molecule has 0 N–H and O–H groups in total. The predicted molar refractivity (Wildman–Crippen MR) is 102 cm³/mol. The molecule has 0 saturated heterocycles. The fourth-order valence-electron chi connectivity index (χ4n) is 3.54. The van der Waals surface area contributed by atoms with Gasteiger partial charge >= 0.3 is 0 Å². The van der Waals surface area contributed by atoms with Crippen LogP contribution in [0.15, 0.2) is 34.9 Å². The van der Waals surface area contributed by atoms with Crippen molar-refractivity contribution >= 4 is 15.9 Å². The van der Waals surface area contributed by atoms with Crippen LogP contribution in [0.3, 0.4) is 0 Å². The summed E-state index contributed by atoms with van der Waals surface area (Å²) >= 11 is 3.49. The van der Waals surface area contributed by atoms with Gasteiger partial charge in [0.1, 0.15) is 5.82 Å². The smallest absolute Gasteiger partial charge is 0.123 e. The Hall–Kier alpha value is -1.92. The van der Waals surface area contributed by atoms with Gasteiger partial charge in [0.2, 0.25) is 0 Å². The van der Waals surface area contributed by atoms with Gasteiger partial charge in [-0.05, 0) is 45.0 Å². The van der Waals surface area contributed by atoms with Gasteiger partial charge in [0.15, 0.2) is 0 Å². The van der Waals surface area contributed by atoms with E-state index in [1.54, 1.807) is 0 Å². The van der Waals surface area contributed by atoms with Gasteiger partial charge < -0.3 is 4.57 Å². The summed E-state index contributed by atoms with van der Waals surface area (Å²) in [5.41, 5.74) is 5.84. The quantitative estimate of drug-likeness (QED) is 0.672. The van der Waals surface area contributed by atoms with Gasteiger partial charge in [-0.3, -0.25) is 4.90 Å². The molecule has 0 spiro atoms. The molecule has 3 aromatic rings. The molecule has 4 rings (SSSR count). The summed E-state index contributed by atoms with van der Waals surface area (Å²) in [6.45, 7) is 10.2. The zero-order valence-corrected chi connectivity index (χ0v) is 16.4. The van der Waals surface area contributed by atoms with E-state index in [-0.39, 0.29) is 0 Å². The topological polar surface area (TPSA) is 38.9 Å². The number of rotatable bonds is 3. The summed E-state index contributed by atoms with van der Waals surface area (Å²) < 4.78 is 5.40. The normalized spacial score (nSPS) is 14.7. The molecule has 0 fully saturated rings. The number of halogens is 1. The number of aryl methyl sites for hydroxylation is 2. The molecule has 0 aliphatic carbocycles. The molecular formula is C19H22BrN5. The van der Waals surface area contributed by atoms with Crippen LogP contribution in [-0.4, -0.2) is 30.8 Å². The Kier molecular flexibility index (Phi) is 4.25. The van der Waals surface area contributed by atoms with Crippen LogP contribution in [0.1, 0.15) is 28.5 Å². The van der Waals surface area contributed by atoms with Crippen molar-refractivity contribution in [1.82, 2.24) is 24.2 Å². The van der Waals surface area contributed by atoms with Crippen LogP contribution in [0.5, 0.6) is 0 Å². The summed E-state index contributed by atoms with van der Waals surface area (Å²) in [5, 5.41) is 4.78. The summed E-state index contributed by atoms with van der Waals surface area (Å²) in [4.78, 5) is 7.11. The third kappa shape index (κ3) is 3.16. The van der Waals surface area contributed by atoms with Gasteiger partial charge in [-0.15, -0.1) is 0 Å². The largest absolute Gasteiger partial charge is 0.332 e. The van der Waals surface area contributed by atoms with E-state index in [4.69, 9.17) is 5.10 Å². The number of hydrogen-bond donors (Lipinski definition) is 0. The first-order chi connectivity index (χ1) is 12.0. The minimum Gasteiger partial charge on any atom is -0.332 e. The molecule has 130 valence electrons. The number of benzene rings is 1. The molecule has 6 heteroatoms. The Morgan fingerprint density at radius 1 is 1.08 bits per heavy atom. The average molecular weight is 400 g/mol. The highest BCUT2D eigenvalue weighted by atomic mass is 79.9. The molecule has 3 heterocycles. The van der Waals surface area contributed by atoms with Crippen LogP contribution in [0.2, 0.25) is 0 Å². The standard InChI is InChI=1S/C19H22BrN5/c1-13-10-24-9-8-23(12-19(24)21-13)11-18-14(2)22-25(15(18)3)17-6-4-16(20)5-7-17/h4-7,10H,8-9,11-12H2,1-3H3. The first-order valence-electron chi connectivity index (χ1n) is 8.57. The van der Waals surface area contributed by atoms with Crippen LogP contribution in [0, 0.1) is 20.8 Å². The molecule has 5 nitrogen and oxygen atoms in total. The van der Waals surface area contributed by atoms with E-state index < -0.39 is 0 Å². The van der Waals surface area contributed by atoms with Crippen molar-refractivity contribution in [2.24, 2.45) is 0 Å². The number of aromatic nitrogens is 4. The molecule has 0 atom stereocenters. The van der Waals surface area contributed by atoms with Crippen LogP contribution in [-0.2, 0) is 19.6 Å². The van der Waals surface area contributed by atoms with Gasteiger partial charge in [0.05, 0.1) is 23.6 Å². The van der Waals surface area contributed by atoms with E-state index in [1.807, 2.05) is 4.68 Å². The summed E-state index contributed by atoms with van der Waals surface area (Å²) in [7, 11) is 0. The van der Waals surface area contributed by atoms with Gasteiger partial charge in [0, 0.05) is 41.6 Å². The maximum absolute atomic E-state index is 4.78. The minimum atomic E-state index is 0.899. The lowest BCUT2D eigenvalue weighted by Crippen LogP contribution is -2.33. The molecule has 25 heavy (non-hydrogen) atoms. The van der Waals surface area contributed by atoms with Gasteiger partial charge in [0.25, 0.3) is 0 Å². The van der Waals surface area contributed by atoms with Gasteiger partial charge in [-0.1, -0.05) is 15.9 Å². The second-order valence-electron chi connectivity index (χ2n) is 6.74. The summed E-state index contributed by atoms with van der Waals surface area (Å²) in [6.07, 6.45) is 2.15. The highest BCUT2D eigenvalue weighted by molar-refractivity contribution is 9.10. The van der Waals surface area contributed by atoms with Crippen molar-refractivity contribution in [2.75, 3.05) is 6.54 Å². The molecule has 0 bridgehead atoms. The molecule has 0 unspecified atom stereocenters. The fraction of sp³-hybridized carbons (Fsp3) is 0.368. The Balaban J connectivity index is 1.58. The van der Waals surface area contributed by atoms with Crippen LogP contribution in [0.4, 0.5) is 0 Å². The molecule has 1 aliphatic heterocycles. The molecule has 1 aromatic carbocycles. The van der Waals surface area contributed by atoms with E-state index in [9.17, 15) is 0 Å². The van der Waals surface area contributed by atoms with Crippen molar-refractivity contribution in [1.29, 1.82) is 0 Å². The average Bonchev–Trinajstić information content (AvgIpc) is 3.09. The van der Waals surface area contributed by atoms with E-state index in [0.29, 0.717) is 0 Å². The number of fused-ring (bicyclic) bond motifs is 1. The van der Waals surface area contributed by atoms with Crippen LogP contribution in [0.25, 0.3) is 5.69 Å². The van der Waals surface area contributed by atoms with Crippen molar-refractivity contribution in [3.05, 3.63) is 63.4 Å². The minimum absolute atomic E-state index is 0.899.